The molecule has 0 fully saturated rings. The number of unbranched alkanes of at least 4 members (excludes halogenated alkanes) is 2. The molecule has 0 aliphatic rings. The fraction of sp³-hybridized carbons (Fsp3) is 0.875. The molecule has 0 atom stereocenters. The van der Waals surface area contributed by atoms with E-state index >= 15 is 0 Å². The van der Waals surface area contributed by atoms with Crippen LogP contribution in [0.25, 0.3) is 0 Å². The highest BCUT2D eigenvalue weighted by molar-refractivity contribution is 5.80. The maximum Gasteiger partial charge on any atom is 0.219 e. The van der Waals surface area contributed by atoms with Crippen LogP contribution in [0.1, 0.15) is 66.2 Å². The monoisotopic (exact) mass is 284 g/mol. The number of carbonyl (C=O) groups is 2. The zero-order valence-corrected chi connectivity index (χ0v) is 13.6. The van der Waals surface area contributed by atoms with Crippen LogP contribution in [-0.2, 0) is 9.59 Å². The Morgan fingerprint density at radius 2 is 1.45 bits per heavy atom. The Hall–Kier alpha value is -0.900. The average molecular weight is 284 g/mol. The van der Waals surface area contributed by atoms with Crippen LogP contribution >= 0.6 is 0 Å². The number of hydrogen-bond acceptors (Lipinski definition) is 3. The first kappa shape index (κ1) is 19.1. The molecule has 4 nitrogen and oxygen atoms in total. The van der Waals surface area contributed by atoms with Crippen LogP contribution in [0.5, 0.6) is 0 Å². The first-order chi connectivity index (χ1) is 9.43. The standard InChI is InChI=1S/C16H32N2O2/c1-13(2)15(19)9-5-6-10-16(20)18-12-8-7-11-17-14(3)4/h13-14,17H,5-12H2,1-4H3,(H,18,20). The van der Waals surface area contributed by atoms with Crippen LogP contribution in [0.2, 0.25) is 0 Å². The van der Waals surface area contributed by atoms with Gasteiger partial charge in [0.25, 0.3) is 0 Å². The van der Waals surface area contributed by atoms with Gasteiger partial charge in [0.1, 0.15) is 5.78 Å². The second-order valence-corrected chi connectivity index (χ2v) is 5.99. The van der Waals surface area contributed by atoms with Gasteiger partial charge in [0, 0.05) is 31.3 Å². The predicted molar refractivity (Wildman–Crippen MR) is 83.7 cm³/mol. The lowest BCUT2D eigenvalue weighted by molar-refractivity contribution is -0.123. The van der Waals surface area contributed by atoms with Gasteiger partial charge in [-0.2, -0.15) is 0 Å². The molecule has 0 spiro atoms. The van der Waals surface area contributed by atoms with Crippen molar-refractivity contribution in [2.45, 2.75) is 72.3 Å². The molecule has 0 rings (SSSR count). The fourth-order valence-corrected chi connectivity index (χ4v) is 1.83. The minimum atomic E-state index is 0.110. The summed E-state index contributed by atoms with van der Waals surface area (Å²) in [7, 11) is 0. The minimum Gasteiger partial charge on any atom is -0.356 e. The fourth-order valence-electron chi connectivity index (χ4n) is 1.83. The highest BCUT2D eigenvalue weighted by Crippen LogP contribution is 2.06. The summed E-state index contributed by atoms with van der Waals surface area (Å²) in [6.45, 7) is 9.86. The maximum atomic E-state index is 11.6. The van der Waals surface area contributed by atoms with E-state index in [1.54, 1.807) is 0 Å². The number of ketones is 1. The molecule has 0 bridgehead atoms. The lowest BCUT2D eigenvalue weighted by Crippen LogP contribution is -2.27. The number of Topliss-reactive ketones (excluding diaryl/α,β-unsaturated/α-hetero) is 1. The van der Waals surface area contributed by atoms with Gasteiger partial charge >= 0.3 is 0 Å². The van der Waals surface area contributed by atoms with Gasteiger partial charge < -0.3 is 10.6 Å². The number of hydrogen-bond donors (Lipinski definition) is 2. The van der Waals surface area contributed by atoms with Crippen LogP contribution in [0.4, 0.5) is 0 Å². The number of amides is 1. The largest absolute Gasteiger partial charge is 0.356 e. The van der Waals surface area contributed by atoms with Gasteiger partial charge in [0.15, 0.2) is 0 Å². The second-order valence-electron chi connectivity index (χ2n) is 5.99. The van der Waals surface area contributed by atoms with Crippen molar-refractivity contribution in [3.8, 4) is 0 Å². The zero-order chi connectivity index (χ0) is 15.4. The van der Waals surface area contributed by atoms with Crippen molar-refractivity contribution < 1.29 is 9.59 Å². The third-order valence-electron chi connectivity index (χ3n) is 3.20. The molecule has 0 aromatic heterocycles. The lowest BCUT2D eigenvalue weighted by atomic mass is 10.0. The Morgan fingerprint density at radius 3 is 2.05 bits per heavy atom. The van der Waals surface area contributed by atoms with Gasteiger partial charge in [-0.15, -0.1) is 0 Å². The van der Waals surface area contributed by atoms with E-state index in [2.05, 4.69) is 24.5 Å². The van der Waals surface area contributed by atoms with Crippen molar-refractivity contribution >= 4 is 11.7 Å². The summed E-state index contributed by atoms with van der Waals surface area (Å²) in [5, 5.41) is 6.28. The van der Waals surface area contributed by atoms with E-state index in [4.69, 9.17) is 0 Å². The number of rotatable bonds is 12. The van der Waals surface area contributed by atoms with Gasteiger partial charge in [-0.1, -0.05) is 27.7 Å². The topological polar surface area (TPSA) is 58.2 Å². The summed E-state index contributed by atoms with van der Waals surface area (Å²) < 4.78 is 0. The summed E-state index contributed by atoms with van der Waals surface area (Å²) in [4.78, 5) is 23.0. The molecule has 4 heteroatoms. The van der Waals surface area contributed by atoms with E-state index in [-0.39, 0.29) is 11.8 Å². The molecule has 0 aliphatic carbocycles. The van der Waals surface area contributed by atoms with E-state index in [9.17, 15) is 9.59 Å². The highest BCUT2D eigenvalue weighted by Gasteiger charge is 2.07. The van der Waals surface area contributed by atoms with E-state index in [1.165, 1.54) is 0 Å². The van der Waals surface area contributed by atoms with Crippen LogP contribution in [0.15, 0.2) is 0 Å². The van der Waals surface area contributed by atoms with Crippen molar-refractivity contribution in [2.75, 3.05) is 13.1 Å². The van der Waals surface area contributed by atoms with Crippen molar-refractivity contribution in [1.29, 1.82) is 0 Å². The normalized spacial score (nSPS) is 11.1. The Labute approximate surface area is 124 Å². The smallest absolute Gasteiger partial charge is 0.219 e. The first-order valence-electron chi connectivity index (χ1n) is 7.96. The Morgan fingerprint density at radius 1 is 0.850 bits per heavy atom. The molecule has 0 aromatic carbocycles. The lowest BCUT2D eigenvalue weighted by Gasteiger charge is -2.08. The average Bonchev–Trinajstić information content (AvgIpc) is 2.37. The van der Waals surface area contributed by atoms with E-state index < -0.39 is 0 Å². The quantitative estimate of drug-likeness (QED) is 0.542. The van der Waals surface area contributed by atoms with Crippen LogP contribution in [0, 0.1) is 5.92 Å². The van der Waals surface area contributed by atoms with Gasteiger partial charge in [0.2, 0.25) is 5.91 Å². The van der Waals surface area contributed by atoms with Crippen molar-refractivity contribution in [3.63, 3.8) is 0 Å². The van der Waals surface area contributed by atoms with E-state index in [1.807, 2.05) is 13.8 Å². The molecule has 0 radical (unpaired) electrons. The molecular weight excluding hydrogens is 252 g/mol. The summed E-state index contributed by atoms with van der Waals surface area (Å²) in [5.41, 5.74) is 0. The molecule has 118 valence electrons. The van der Waals surface area contributed by atoms with Gasteiger partial charge in [-0.05, 0) is 32.2 Å². The minimum absolute atomic E-state index is 0.110. The SMILES string of the molecule is CC(C)NCCCCNC(=O)CCCCC(=O)C(C)C. The molecule has 2 N–H and O–H groups in total. The Bertz CT molecular complexity index is 276. The zero-order valence-electron chi connectivity index (χ0n) is 13.6. The van der Waals surface area contributed by atoms with Crippen LogP contribution in [-0.4, -0.2) is 30.8 Å². The molecular formula is C16H32N2O2. The van der Waals surface area contributed by atoms with E-state index in [0.717, 1.165) is 38.8 Å². The molecule has 20 heavy (non-hydrogen) atoms. The molecule has 0 aliphatic heterocycles. The third-order valence-corrected chi connectivity index (χ3v) is 3.20. The van der Waals surface area contributed by atoms with Crippen LogP contribution in [0.3, 0.4) is 0 Å². The molecule has 0 aromatic rings. The van der Waals surface area contributed by atoms with Crippen molar-refractivity contribution in [3.05, 3.63) is 0 Å². The molecule has 0 saturated heterocycles. The molecule has 0 heterocycles. The maximum absolute atomic E-state index is 11.6. The second kappa shape index (κ2) is 11.9. The molecule has 0 saturated carbocycles. The molecule has 1 amide bonds. The van der Waals surface area contributed by atoms with Crippen LogP contribution < -0.4 is 10.6 Å². The number of nitrogens with one attached hydrogen (secondary N) is 2. The summed E-state index contributed by atoms with van der Waals surface area (Å²) in [6, 6.07) is 0.526. The van der Waals surface area contributed by atoms with Gasteiger partial charge in [-0.3, -0.25) is 9.59 Å². The van der Waals surface area contributed by atoms with E-state index in [0.29, 0.717) is 24.7 Å². The van der Waals surface area contributed by atoms with Gasteiger partial charge in [0.05, 0.1) is 0 Å². The first-order valence-corrected chi connectivity index (χ1v) is 7.96. The Balaban J connectivity index is 3.35. The van der Waals surface area contributed by atoms with Crippen molar-refractivity contribution in [1.82, 2.24) is 10.6 Å². The summed E-state index contributed by atoms with van der Waals surface area (Å²) in [5.74, 6) is 0.519. The predicted octanol–water partition coefficient (Wildman–Crippen LogP) is 2.67. The number of carbonyl (C=O) groups excluding carboxylic acids is 2. The molecule has 0 unspecified atom stereocenters. The van der Waals surface area contributed by atoms with Gasteiger partial charge in [-0.25, -0.2) is 0 Å². The summed E-state index contributed by atoms with van der Waals surface area (Å²) >= 11 is 0. The summed E-state index contributed by atoms with van der Waals surface area (Å²) in [6.07, 6.45) is 4.86. The Kier molecular flexibility index (Phi) is 11.4. The van der Waals surface area contributed by atoms with Crippen molar-refractivity contribution in [2.24, 2.45) is 5.92 Å². The highest BCUT2D eigenvalue weighted by atomic mass is 16.1. The third kappa shape index (κ3) is 12.2.